The van der Waals surface area contributed by atoms with Crippen molar-refractivity contribution < 1.29 is 4.84 Å². The molecule has 1 heterocycles. The summed E-state index contributed by atoms with van der Waals surface area (Å²) in [5.74, 6) is 0.880. The maximum absolute atomic E-state index is 5.09. The fourth-order valence-electron chi connectivity index (χ4n) is 0.932. The maximum Gasteiger partial charge on any atom is 0.162 e. The second kappa shape index (κ2) is 3.25. The number of nitrogens with one attached hydrogen (secondary N) is 1. The minimum absolute atomic E-state index is 0. The zero-order chi connectivity index (χ0) is 6.81. The van der Waals surface area contributed by atoms with Crippen molar-refractivity contribution in [1.82, 2.24) is 5.48 Å². The first-order valence-electron chi connectivity index (χ1n) is 3.15. The summed E-state index contributed by atoms with van der Waals surface area (Å²) in [6.45, 7) is 0. The van der Waals surface area contributed by atoms with Crippen molar-refractivity contribution >= 4 is 17.0 Å². The first-order valence-corrected chi connectivity index (χ1v) is 3.15. The molecule has 1 N–H and O–H groups in total. The molecule has 0 fully saturated rings. The molecule has 0 unspecified atom stereocenters. The first-order chi connectivity index (χ1) is 4.97. The highest BCUT2D eigenvalue weighted by molar-refractivity contribution is 5.75. The van der Waals surface area contributed by atoms with Gasteiger partial charge in [-0.1, -0.05) is 18.2 Å². The number of para-hydroxylation sites is 1. The summed E-state index contributed by atoms with van der Waals surface area (Å²) < 4.78 is 0. The van der Waals surface area contributed by atoms with Gasteiger partial charge in [0.2, 0.25) is 0 Å². The topological polar surface area (TPSA) is 21.3 Å². The zero-order valence-electron chi connectivity index (χ0n) is 5.87. The number of fused-ring (bicyclic) bond motifs is 1. The lowest BCUT2D eigenvalue weighted by atomic mass is 10.2. The molecule has 1 aliphatic rings. The van der Waals surface area contributed by atoms with E-state index < -0.39 is 0 Å². The predicted octanol–water partition coefficient (Wildman–Crippen LogP) is 1.17. The number of hydrogen-bond acceptors (Lipinski definition) is 2. The number of benzene rings is 1. The Balaban J connectivity index is 0.000000605. The molecule has 4 radical (unpaired) electrons. The normalized spacial score (nSPS) is 12.0. The van der Waals surface area contributed by atoms with Gasteiger partial charge < -0.3 is 4.84 Å². The van der Waals surface area contributed by atoms with Crippen LogP contribution in [0.4, 0.5) is 0 Å². The van der Waals surface area contributed by atoms with E-state index in [0.717, 1.165) is 11.3 Å². The summed E-state index contributed by atoms with van der Waals surface area (Å²) in [6.07, 6.45) is 3.74. The minimum Gasteiger partial charge on any atom is -0.382 e. The molecule has 3 heteroatoms. The van der Waals surface area contributed by atoms with E-state index in [-0.39, 0.29) is 11.0 Å². The van der Waals surface area contributed by atoms with Gasteiger partial charge in [0.05, 0.1) is 0 Å². The summed E-state index contributed by atoms with van der Waals surface area (Å²) >= 11 is 0. The van der Waals surface area contributed by atoms with Gasteiger partial charge in [-0.05, 0) is 12.1 Å². The van der Waals surface area contributed by atoms with Crippen molar-refractivity contribution in [1.29, 1.82) is 0 Å². The molecule has 11 heavy (non-hydrogen) atoms. The fraction of sp³-hybridized carbons (Fsp3) is 0. The van der Waals surface area contributed by atoms with Gasteiger partial charge in [0.15, 0.2) is 5.75 Å². The third kappa shape index (κ3) is 1.43. The molecule has 0 aromatic heterocycles. The Morgan fingerprint density at radius 2 is 2.00 bits per heavy atom. The molecule has 1 aromatic rings. The molecule has 0 spiro atoms. The van der Waals surface area contributed by atoms with Gasteiger partial charge in [0, 0.05) is 22.7 Å². The van der Waals surface area contributed by atoms with Crippen LogP contribution < -0.4 is 10.3 Å². The third-order valence-corrected chi connectivity index (χ3v) is 1.42. The van der Waals surface area contributed by atoms with Crippen molar-refractivity contribution in [3.8, 4) is 5.75 Å². The molecule has 0 bridgehead atoms. The van der Waals surface area contributed by atoms with Gasteiger partial charge in [-0.15, -0.1) is 0 Å². The minimum atomic E-state index is 0. The molecule has 0 aliphatic carbocycles. The van der Waals surface area contributed by atoms with Crippen LogP contribution in [0, 0.1) is 0 Å². The van der Waals surface area contributed by atoms with E-state index in [9.17, 15) is 0 Å². The summed E-state index contributed by atoms with van der Waals surface area (Å²) in [4.78, 5) is 5.09. The van der Waals surface area contributed by atoms with E-state index >= 15 is 0 Å². The quantitative estimate of drug-likeness (QED) is 0.577. The average molecular weight is 161 g/mol. The lowest BCUT2D eigenvalue weighted by Gasteiger charge is -2.11. The van der Waals surface area contributed by atoms with Crippen molar-refractivity contribution in [2.75, 3.05) is 0 Å². The molecule has 2 rings (SSSR count). The molecule has 1 aliphatic heterocycles. The van der Waals surface area contributed by atoms with Crippen LogP contribution in [-0.2, 0) is 0 Å². The predicted molar refractivity (Wildman–Crippen MR) is 45.0 cm³/mol. The Morgan fingerprint density at radius 3 is 2.82 bits per heavy atom. The van der Waals surface area contributed by atoms with Gasteiger partial charge >= 0.3 is 0 Å². The molecular formula is C8H7NOSi. The fourth-order valence-corrected chi connectivity index (χ4v) is 0.932. The van der Waals surface area contributed by atoms with E-state index in [1.807, 2.05) is 30.3 Å². The van der Waals surface area contributed by atoms with Gasteiger partial charge in [0.1, 0.15) is 0 Å². The summed E-state index contributed by atoms with van der Waals surface area (Å²) in [7, 11) is 0. The summed E-state index contributed by atoms with van der Waals surface area (Å²) in [6, 6.07) is 7.86. The number of hydrogen-bond donors (Lipinski definition) is 1. The molecule has 0 amide bonds. The molecular weight excluding hydrogens is 154 g/mol. The Kier molecular flexibility index (Phi) is 2.33. The van der Waals surface area contributed by atoms with Gasteiger partial charge in [-0.3, -0.25) is 0 Å². The second-order valence-corrected chi connectivity index (χ2v) is 2.09. The summed E-state index contributed by atoms with van der Waals surface area (Å²) in [5, 5.41) is 0. The molecule has 0 atom stereocenters. The van der Waals surface area contributed by atoms with Crippen molar-refractivity contribution in [3.05, 3.63) is 36.0 Å². The number of hydroxylamine groups is 1. The van der Waals surface area contributed by atoms with Crippen LogP contribution in [0.15, 0.2) is 30.5 Å². The Bertz CT molecular complexity index is 273. The van der Waals surface area contributed by atoms with E-state index in [1.54, 1.807) is 6.20 Å². The number of rotatable bonds is 0. The highest BCUT2D eigenvalue weighted by Gasteiger charge is 2.01. The highest BCUT2D eigenvalue weighted by Crippen LogP contribution is 2.20. The van der Waals surface area contributed by atoms with Crippen LogP contribution in [-0.4, -0.2) is 11.0 Å². The third-order valence-electron chi connectivity index (χ3n) is 1.42. The van der Waals surface area contributed by atoms with E-state index in [0.29, 0.717) is 0 Å². The van der Waals surface area contributed by atoms with Gasteiger partial charge in [-0.2, -0.15) is 0 Å². The monoisotopic (exact) mass is 161 g/mol. The van der Waals surface area contributed by atoms with Crippen LogP contribution in [0.5, 0.6) is 5.75 Å². The lowest BCUT2D eigenvalue weighted by Crippen LogP contribution is -2.13. The maximum atomic E-state index is 5.09. The van der Waals surface area contributed by atoms with Crippen molar-refractivity contribution in [3.63, 3.8) is 0 Å². The van der Waals surface area contributed by atoms with Crippen LogP contribution in [0.3, 0.4) is 0 Å². The SMILES string of the molecule is C1=Cc2ccccc2ON1.[Si]. The molecule has 0 saturated carbocycles. The molecule has 54 valence electrons. The van der Waals surface area contributed by atoms with Crippen LogP contribution in [0.1, 0.15) is 5.56 Å². The first kappa shape index (κ1) is 7.88. The van der Waals surface area contributed by atoms with E-state index in [4.69, 9.17) is 4.84 Å². The van der Waals surface area contributed by atoms with Crippen LogP contribution in [0.2, 0.25) is 0 Å². The lowest BCUT2D eigenvalue weighted by molar-refractivity contribution is 0.239. The van der Waals surface area contributed by atoms with Crippen molar-refractivity contribution in [2.24, 2.45) is 0 Å². The summed E-state index contributed by atoms with van der Waals surface area (Å²) in [5.41, 5.74) is 3.77. The van der Waals surface area contributed by atoms with Crippen molar-refractivity contribution in [2.45, 2.75) is 0 Å². The molecule has 2 nitrogen and oxygen atoms in total. The zero-order valence-corrected chi connectivity index (χ0v) is 6.87. The highest BCUT2D eigenvalue weighted by atomic mass is 28.1. The Morgan fingerprint density at radius 1 is 1.18 bits per heavy atom. The standard InChI is InChI=1S/C8H7NO.Si/c1-2-4-8-7(3-1)5-6-9-10-8;/h1-6,9H;. The van der Waals surface area contributed by atoms with Crippen LogP contribution in [0.25, 0.3) is 6.08 Å². The van der Waals surface area contributed by atoms with Gasteiger partial charge in [-0.25, -0.2) is 5.48 Å². The largest absolute Gasteiger partial charge is 0.382 e. The van der Waals surface area contributed by atoms with Crippen LogP contribution >= 0.6 is 0 Å². The van der Waals surface area contributed by atoms with E-state index in [1.165, 1.54) is 0 Å². The van der Waals surface area contributed by atoms with E-state index in [2.05, 4.69) is 5.48 Å². The van der Waals surface area contributed by atoms with Gasteiger partial charge in [0.25, 0.3) is 0 Å². The molecule has 0 saturated heterocycles. The smallest absolute Gasteiger partial charge is 0.162 e. The second-order valence-electron chi connectivity index (χ2n) is 2.09. The Labute approximate surface area is 69.9 Å². The molecule has 1 aromatic carbocycles. The Hall–Kier alpha value is -1.22. The average Bonchev–Trinajstić information content (AvgIpc) is 2.05.